The van der Waals surface area contributed by atoms with Crippen molar-refractivity contribution >= 4 is 7.82 Å². The fourth-order valence-corrected chi connectivity index (χ4v) is 1.25. The van der Waals surface area contributed by atoms with Gasteiger partial charge in [0.05, 0.1) is 0 Å². The summed E-state index contributed by atoms with van der Waals surface area (Å²) in [6.07, 6.45) is 13.0. The Labute approximate surface area is 98.6 Å². The van der Waals surface area contributed by atoms with Crippen LogP contribution in [0.1, 0.15) is 58.3 Å². The second kappa shape index (κ2) is 12.9. The van der Waals surface area contributed by atoms with Crippen molar-refractivity contribution in [2.75, 3.05) is 0 Å². The third kappa shape index (κ3) is 37.1. The van der Waals surface area contributed by atoms with Crippen LogP contribution in [0.3, 0.4) is 0 Å². The van der Waals surface area contributed by atoms with Gasteiger partial charge in [0.1, 0.15) is 0 Å². The summed E-state index contributed by atoms with van der Waals surface area (Å²) in [5.74, 6) is 0. The van der Waals surface area contributed by atoms with Crippen LogP contribution in [-0.2, 0) is 4.57 Å². The lowest BCUT2D eigenvalue weighted by atomic mass is 10.1. The van der Waals surface area contributed by atoms with E-state index in [1.54, 1.807) is 0 Å². The van der Waals surface area contributed by atoms with E-state index >= 15 is 0 Å². The van der Waals surface area contributed by atoms with Crippen molar-refractivity contribution in [3.8, 4) is 0 Å². The van der Waals surface area contributed by atoms with Gasteiger partial charge in [-0.15, -0.1) is 6.58 Å². The van der Waals surface area contributed by atoms with E-state index < -0.39 is 7.82 Å². The van der Waals surface area contributed by atoms with Crippen LogP contribution in [0.15, 0.2) is 12.7 Å². The average molecular weight is 252 g/mol. The van der Waals surface area contributed by atoms with Gasteiger partial charge in [0.2, 0.25) is 0 Å². The maximum Gasteiger partial charge on any atom is 0.466 e. The molecule has 0 heterocycles. The van der Waals surface area contributed by atoms with Crippen molar-refractivity contribution in [3.05, 3.63) is 12.7 Å². The minimum Gasteiger partial charge on any atom is -0.303 e. The first-order valence-electron chi connectivity index (χ1n) is 5.81. The van der Waals surface area contributed by atoms with E-state index in [9.17, 15) is 0 Å². The fraction of sp³-hybridized carbons (Fsp3) is 0.818. The Hall–Kier alpha value is -0.150. The van der Waals surface area contributed by atoms with Crippen LogP contribution in [0.4, 0.5) is 0 Å². The van der Waals surface area contributed by atoms with Crippen LogP contribution in [0.5, 0.6) is 0 Å². The van der Waals surface area contributed by atoms with Crippen LogP contribution in [-0.4, -0.2) is 14.7 Å². The van der Waals surface area contributed by atoms with Crippen molar-refractivity contribution in [1.29, 1.82) is 0 Å². The molecule has 3 N–H and O–H groups in total. The van der Waals surface area contributed by atoms with Crippen molar-refractivity contribution in [1.82, 2.24) is 0 Å². The van der Waals surface area contributed by atoms with Gasteiger partial charge < -0.3 is 14.7 Å². The lowest BCUT2D eigenvalue weighted by molar-refractivity contribution is 0.275. The second-order valence-corrected chi connectivity index (χ2v) is 4.74. The molecule has 0 aliphatic rings. The van der Waals surface area contributed by atoms with E-state index in [0.29, 0.717) is 0 Å². The molecular weight excluding hydrogens is 227 g/mol. The largest absolute Gasteiger partial charge is 0.466 e. The first-order chi connectivity index (χ1) is 7.41. The Morgan fingerprint density at radius 1 is 1.00 bits per heavy atom. The first kappa shape index (κ1) is 18.2. The Kier molecular flexibility index (Phi) is 14.7. The molecule has 0 rings (SSSR count). The van der Waals surface area contributed by atoms with Crippen molar-refractivity contribution in [2.45, 2.75) is 58.3 Å². The number of allylic oxidation sites excluding steroid dienone is 1. The topological polar surface area (TPSA) is 77.8 Å². The molecular formula is C11H25O4P. The third-order valence-corrected chi connectivity index (χ3v) is 2.01. The predicted octanol–water partition coefficient (Wildman–Crippen LogP) is 3.38. The molecule has 0 bridgehead atoms. The summed E-state index contributed by atoms with van der Waals surface area (Å²) in [5, 5.41) is 0. The van der Waals surface area contributed by atoms with E-state index in [0.717, 1.165) is 0 Å². The molecule has 0 atom stereocenters. The fourth-order valence-electron chi connectivity index (χ4n) is 1.25. The summed E-state index contributed by atoms with van der Waals surface area (Å²) < 4.78 is 8.88. The Balaban J connectivity index is 0. The molecule has 0 saturated heterocycles. The molecule has 16 heavy (non-hydrogen) atoms. The van der Waals surface area contributed by atoms with Gasteiger partial charge in [0, 0.05) is 0 Å². The van der Waals surface area contributed by atoms with E-state index in [-0.39, 0.29) is 0 Å². The van der Waals surface area contributed by atoms with Gasteiger partial charge in [0.15, 0.2) is 0 Å². The predicted molar refractivity (Wildman–Crippen MR) is 67.1 cm³/mol. The summed E-state index contributed by atoms with van der Waals surface area (Å²) in [6, 6.07) is 0. The molecule has 4 nitrogen and oxygen atoms in total. The van der Waals surface area contributed by atoms with Crippen LogP contribution in [0, 0.1) is 0 Å². The van der Waals surface area contributed by atoms with Gasteiger partial charge in [-0.3, -0.25) is 0 Å². The monoisotopic (exact) mass is 252 g/mol. The minimum absolute atomic E-state index is 1.20. The van der Waals surface area contributed by atoms with E-state index in [4.69, 9.17) is 19.2 Å². The molecule has 0 radical (unpaired) electrons. The zero-order chi connectivity index (χ0) is 12.9. The normalized spacial score (nSPS) is 10.5. The summed E-state index contributed by atoms with van der Waals surface area (Å²) >= 11 is 0. The molecule has 0 amide bonds. The van der Waals surface area contributed by atoms with Crippen LogP contribution in [0.2, 0.25) is 0 Å². The number of hydrogen-bond acceptors (Lipinski definition) is 1. The molecule has 0 aromatic carbocycles. The molecule has 0 aliphatic heterocycles. The quantitative estimate of drug-likeness (QED) is 0.351. The maximum absolute atomic E-state index is 8.88. The third-order valence-electron chi connectivity index (χ3n) is 2.01. The van der Waals surface area contributed by atoms with Crippen molar-refractivity contribution in [2.24, 2.45) is 0 Å². The Morgan fingerprint density at radius 3 is 1.75 bits per heavy atom. The lowest BCUT2D eigenvalue weighted by Crippen LogP contribution is -1.78. The number of rotatable bonds is 8. The van der Waals surface area contributed by atoms with E-state index in [2.05, 4.69) is 13.5 Å². The summed E-state index contributed by atoms with van der Waals surface area (Å²) in [7, 11) is -4.64. The molecule has 0 unspecified atom stereocenters. The molecule has 0 aromatic heterocycles. The van der Waals surface area contributed by atoms with Crippen LogP contribution >= 0.6 is 7.82 Å². The highest BCUT2D eigenvalue weighted by Crippen LogP contribution is 2.25. The van der Waals surface area contributed by atoms with Crippen LogP contribution in [0.25, 0.3) is 0 Å². The molecule has 0 aromatic rings. The molecule has 0 aliphatic carbocycles. The number of unbranched alkanes of at least 4 members (excludes halogenated alkanes) is 7. The lowest BCUT2D eigenvalue weighted by Gasteiger charge is -1.98. The minimum atomic E-state index is -4.64. The SMILES string of the molecule is C=CCCCCCCCCC.O=P(O)(O)O. The summed E-state index contributed by atoms with van der Waals surface area (Å²) in [5.41, 5.74) is 0. The highest BCUT2D eigenvalue weighted by molar-refractivity contribution is 7.45. The molecule has 98 valence electrons. The second-order valence-electron chi connectivity index (χ2n) is 3.71. The smallest absolute Gasteiger partial charge is 0.303 e. The zero-order valence-electron chi connectivity index (χ0n) is 10.1. The van der Waals surface area contributed by atoms with E-state index in [1.807, 2.05) is 6.08 Å². The molecule has 0 spiro atoms. The van der Waals surface area contributed by atoms with Gasteiger partial charge in [0.25, 0.3) is 0 Å². The van der Waals surface area contributed by atoms with Crippen molar-refractivity contribution < 1.29 is 19.2 Å². The van der Waals surface area contributed by atoms with Gasteiger partial charge in [-0.1, -0.05) is 51.5 Å². The van der Waals surface area contributed by atoms with Crippen molar-refractivity contribution in [3.63, 3.8) is 0 Å². The highest BCUT2D eigenvalue weighted by atomic mass is 31.2. The average Bonchev–Trinajstić information content (AvgIpc) is 2.14. The first-order valence-corrected chi connectivity index (χ1v) is 7.37. The standard InChI is InChI=1S/C11H22.H3O4P/c1-3-5-7-9-11-10-8-6-4-2;1-5(2,3)4/h3H,1,4-11H2,2H3;(H3,1,2,3,4). The van der Waals surface area contributed by atoms with Gasteiger partial charge in [-0.25, -0.2) is 4.57 Å². The number of hydrogen-bond donors (Lipinski definition) is 3. The Morgan fingerprint density at radius 2 is 1.38 bits per heavy atom. The van der Waals surface area contributed by atoms with Gasteiger partial charge in [-0.05, 0) is 12.8 Å². The summed E-state index contributed by atoms with van der Waals surface area (Å²) in [4.78, 5) is 21.6. The van der Waals surface area contributed by atoms with E-state index in [1.165, 1.54) is 51.4 Å². The number of phosphoric acid groups is 1. The van der Waals surface area contributed by atoms with Gasteiger partial charge >= 0.3 is 7.82 Å². The molecule has 0 fully saturated rings. The maximum atomic E-state index is 8.88. The Bertz CT molecular complexity index is 180. The molecule has 5 heteroatoms. The highest BCUT2D eigenvalue weighted by Gasteiger charge is 2.00. The molecule has 0 saturated carbocycles. The van der Waals surface area contributed by atoms with Gasteiger partial charge in [-0.2, -0.15) is 0 Å². The zero-order valence-corrected chi connectivity index (χ0v) is 11.0. The summed E-state index contributed by atoms with van der Waals surface area (Å²) in [6.45, 7) is 5.97. The van der Waals surface area contributed by atoms with Crippen LogP contribution < -0.4 is 0 Å².